The molecule has 0 unspecified atom stereocenters. The van der Waals surface area contributed by atoms with E-state index < -0.39 is 11.7 Å². The summed E-state index contributed by atoms with van der Waals surface area (Å²) >= 11 is 1.12. The summed E-state index contributed by atoms with van der Waals surface area (Å²) in [6.45, 7) is 8.51. The molecule has 2 aromatic carbocycles. The van der Waals surface area contributed by atoms with Crippen LogP contribution in [0.3, 0.4) is 0 Å². The van der Waals surface area contributed by atoms with Crippen molar-refractivity contribution in [2.24, 2.45) is 0 Å². The molecular formula is C26H27N5O4S. The lowest BCUT2D eigenvalue weighted by molar-refractivity contribution is 0.0635. The smallest absolute Gasteiger partial charge is 0.413 e. The summed E-state index contributed by atoms with van der Waals surface area (Å²) < 4.78 is 11.2. The number of ether oxygens (including phenoxy) is 2. The van der Waals surface area contributed by atoms with E-state index in [4.69, 9.17) is 9.47 Å². The van der Waals surface area contributed by atoms with Crippen LogP contribution in [-0.2, 0) is 11.3 Å². The first-order valence-electron chi connectivity index (χ1n) is 11.6. The summed E-state index contributed by atoms with van der Waals surface area (Å²) in [5, 5.41) is 2.90. The van der Waals surface area contributed by atoms with Crippen molar-refractivity contribution in [3.63, 3.8) is 0 Å². The fourth-order valence-electron chi connectivity index (χ4n) is 4.04. The first-order chi connectivity index (χ1) is 17.1. The second-order valence-corrected chi connectivity index (χ2v) is 10.6. The molecule has 1 aliphatic heterocycles. The van der Waals surface area contributed by atoms with E-state index in [1.165, 1.54) is 6.20 Å². The van der Waals surface area contributed by atoms with Crippen molar-refractivity contribution < 1.29 is 19.1 Å². The minimum atomic E-state index is -0.624. The average Bonchev–Trinajstić information content (AvgIpc) is 3.35. The standard InChI is InChI=1S/C26H27N5O4S/c1-15-28-19-7-5-17(12-20(19)29-15)16-6-8-21-18(11-16)14-31(9-10-34-21)23(32)22-13-27-24(36-22)30-25(33)35-26(2,3)4/h5-8,11-13H,9-10,14H2,1-4H3,(H,28,29)(H,27,30,33). The minimum Gasteiger partial charge on any atom is -0.491 e. The van der Waals surface area contributed by atoms with Gasteiger partial charge in [0.05, 0.1) is 23.8 Å². The number of nitrogens with one attached hydrogen (secondary N) is 2. The van der Waals surface area contributed by atoms with Gasteiger partial charge in [0.2, 0.25) is 0 Å². The third-order valence-electron chi connectivity index (χ3n) is 5.59. The number of H-pyrrole nitrogens is 1. The van der Waals surface area contributed by atoms with Gasteiger partial charge in [-0.05, 0) is 63.1 Å². The Morgan fingerprint density at radius 3 is 2.75 bits per heavy atom. The molecule has 2 N–H and O–H groups in total. The van der Waals surface area contributed by atoms with E-state index in [0.29, 0.717) is 29.7 Å². The number of benzene rings is 2. The van der Waals surface area contributed by atoms with Crippen LogP contribution in [0.2, 0.25) is 0 Å². The molecule has 0 radical (unpaired) electrons. The van der Waals surface area contributed by atoms with E-state index >= 15 is 0 Å². The Hall–Kier alpha value is -3.92. The van der Waals surface area contributed by atoms with Gasteiger partial charge in [0, 0.05) is 12.1 Å². The Kier molecular flexibility index (Phi) is 6.13. The largest absolute Gasteiger partial charge is 0.491 e. The van der Waals surface area contributed by atoms with Crippen molar-refractivity contribution in [2.75, 3.05) is 18.5 Å². The van der Waals surface area contributed by atoms with Crippen molar-refractivity contribution in [3.8, 4) is 16.9 Å². The van der Waals surface area contributed by atoms with Crippen molar-refractivity contribution in [1.82, 2.24) is 19.9 Å². The van der Waals surface area contributed by atoms with Crippen LogP contribution in [0.4, 0.5) is 9.93 Å². The maximum atomic E-state index is 13.3. The topological polar surface area (TPSA) is 109 Å². The highest BCUT2D eigenvalue weighted by atomic mass is 32.1. The molecule has 186 valence electrons. The van der Waals surface area contributed by atoms with Gasteiger partial charge in [-0.1, -0.05) is 23.5 Å². The highest BCUT2D eigenvalue weighted by Gasteiger charge is 2.24. The van der Waals surface area contributed by atoms with E-state index in [-0.39, 0.29) is 5.91 Å². The molecular weight excluding hydrogens is 478 g/mol. The van der Waals surface area contributed by atoms with Gasteiger partial charge in [-0.3, -0.25) is 10.1 Å². The molecule has 2 amide bonds. The van der Waals surface area contributed by atoms with Gasteiger partial charge >= 0.3 is 6.09 Å². The van der Waals surface area contributed by atoms with Crippen LogP contribution in [0.15, 0.2) is 42.6 Å². The van der Waals surface area contributed by atoms with E-state index in [0.717, 1.165) is 50.6 Å². The normalized spacial score (nSPS) is 13.6. The van der Waals surface area contributed by atoms with Crippen molar-refractivity contribution >= 4 is 39.5 Å². The number of aromatic amines is 1. The Balaban J connectivity index is 1.34. The molecule has 0 spiro atoms. The molecule has 10 heteroatoms. The van der Waals surface area contributed by atoms with Crippen LogP contribution in [0.25, 0.3) is 22.2 Å². The molecule has 0 aliphatic carbocycles. The van der Waals surface area contributed by atoms with Gasteiger partial charge in [0.15, 0.2) is 5.13 Å². The van der Waals surface area contributed by atoms with Gasteiger partial charge in [-0.25, -0.2) is 14.8 Å². The lowest BCUT2D eigenvalue weighted by atomic mass is 10.0. The highest BCUT2D eigenvalue weighted by molar-refractivity contribution is 7.17. The summed E-state index contributed by atoms with van der Waals surface area (Å²) in [6.07, 6.45) is 0.868. The van der Waals surface area contributed by atoms with Crippen LogP contribution in [0.5, 0.6) is 5.75 Å². The first-order valence-corrected chi connectivity index (χ1v) is 12.4. The minimum absolute atomic E-state index is 0.167. The number of nitrogens with zero attached hydrogens (tertiary/aromatic N) is 3. The zero-order valence-corrected chi connectivity index (χ0v) is 21.4. The number of rotatable bonds is 3. The third-order valence-corrected chi connectivity index (χ3v) is 6.49. The van der Waals surface area contributed by atoms with E-state index in [9.17, 15) is 9.59 Å². The Morgan fingerprint density at radius 2 is 1.94 bits per heavy atom. The summed E-state index contributed by atoms with van der Waals surface area (Å²) in [6, 6.07) is 12.2. The highest BCUT2D eigenvalue weighted by Crippen LogP contribution is 2.31. The molecule has 0 fully saturated rings. The Labute approximate surface area is 212 Å². The van der Waals surface area contributed by atoms with Crippen LogP contribution in [-0.4, -0.2) is 50.6 Å². The fourth-order valence-corrected chi connectivity index (χ4v) is 4.81. The monoisotopic (exact) mass is 505 g/mol. The molecule has 1 aliphatic rings. The Morgan fingerprint density at radius 1 is 1.17 bits per heavy atom. The molecule has 0 atom stereocenters. The van der Waals surface area contributed by atoms with E-state index in [1.54, 1.807) is 25.7 Å². The number of thiazole rings is 1. The second-order valence-electron chi connectivity index (χ2n) is 9.61. The molecule has 0 bridgehead atoms. The lowest BCUT2D eigenvalue weighted by Crippen LogP contribution is -2.31. The summed E-state index contributed by atoms with van der Waals surface area (Å²) in [5.74, 6) is 1.47. The predicted molar refractivity (Wildman–Crippen MR) is 138 cm³/mol. The number of imidazole rings is 1. The first kappa shape index (κ1) is 23.8. The maximum absolute atomic E-state index is 13.3. The molecule has 0 saturated carbocycles. The lowest BCUT2D eigenvalue weighted by Gasteiger charge is -2.19. The quantitative estimate of drug-likeness (QED) is 0.387. The molecule has 9 nitrogen and oxygen atoms in total. The number of aryl methyl sites for hydroxylation is 1. The van der Waals surface area contributed by atoms with Crippen LogP contribution >= 0.6 is 11.3 Å². The SMILES string of the molecule is Cc1nc2cc(-c3ccc4c(c3)CN(C(=O)c3cnc(NC(=O)OC(C)(C)C)s3)CCO4)ccc2[nH]1. The van der Waals surface area contributed by atoms with E-state index in [1.807, 2.05) is 25.1 Å². The zero-order chi connectivity index (χ0) is 25.4. The number of amides is 2. The number of hydrogen-bond acceptors (Lipinski definition) is 7. The van der Waals surface area contributed by atoms with Crippen molar-refractivity contribution in [1.29, 1.82) is 0 Å². The van der Waals surface area contributed by atoms with Crippen molar-refractivity contribution in [3.05, 3.63) is 58.9 Å². The number of fused-ring (bicyclic) bond motifs is 2. The van der Waals surface area contributed by atoms with Crippen LogP contribution < -0.4 is 10.1 Å². The van der Waals surface area contributed by atoms with Crippen LogP contribution in [0.1, 0.15) is 41.8 Å². The third kappa shape index (κ3) is 5.18. The zero-order valence-electron chi connectivity index (χ0n) is 20.5. The predicted octanol–water partition coefficient (Wildman–Crippen LogP) is 5.38. The van der Waals surface area contributed by atoms with Crippen molar-refractivity contribution in [2.45, 2.75) is 39.8 Å². The second kappa shape index (κ2) is 9.27. The maximum Gasteiger partial charge on any atom is 0.413 e. The van der Waals surface area contributed by atoms with Gasteiger partial charge < -0.3 is 19.4 Å². The van der Waals surface area contributed by atoms with Crippen LogP contribution in [0, 0.1) is 6.92 Å². The fraction of sp³-hybridized carbons (Fsp3) is 0.308. The Bertz CT molecular complexity index is 1450. The van der Waals surface area contributed by atoms with Gasteiger partial charge in [0.1, 0.15) is 28.7 Å². The molecule has 3 heterocycles. The molecule has 2 aromatic heterocycles. The number of aromatic nitrogens is 3. The molecule has 5 rings (SSSR count). The molecule has 4 aromatic rings. The summed E-state index contributed by atoms with van der Waals surface area (Å²) in [4.78, 5) is 39.4. The number of hydrogen-bond donors (Lipinski definition) is 2. The van der Waals surface area contributed by atoms with Gasteiger partial charge in [0.25, 0.3) is 5.91 Å². The number of carbonyl (C=O) groups is 2. The van der Waals surface area contributed by atoms with E-state index in [2.05, 4.69) is 38.5 Å². The molecule has 36 heavy (non-hydrogen) atoms. The summed E-state index contributed by atoms with van der Waals surface area (Å²) in [5.41, 5.74) is 4.27. The summed E-state index contributed by atoms with van der Waals surface area (Å²) in [7, 11) is 0. The average molecular weight is 506 g/mol. The van der Waals surface area contributed by atoms with Gasteiger partial charge in [-0.15, -0.1) is 0 Å². The van der Waals surface area contributed by atoms with Gasteiger partial charge in [-0.2, -0.15) is 0 Å². The number of anilines is 1. The molecule has 0 saturated heterocycles. The number of carbonyl (C=O) groups excluding carboxylic acids is 2.